The van der Waals surface area contributed by atoms with Crippen LogP contribution in [0, 0.1) is 11.8 Å². The number of benzene rings is 1. The normalized spacial score (nSPS) is 16.1. The summed E-state index contributed by atoms with van der Waals surface area (Å²) < 4.78 is 23.4. The van der Waals surface area contributed by atoms with Crippen LogP contribution in [0.15, 0.2) is 28.7 Å². The standard InChI is InChI=1S/C19H28BrN2O7P/c1-11(2)18(24)28-13(4)29-19(25)22-12(3)30(26,27)10-15(17(21)23)9-14-5-7-16(20)8-6-14/h5-8,11-13,15H,9-10H2,1-4H3,(H2,21,23)(H,22,25)(H,26,27)/t12-,13?,15-/m1/s1. The Hall–Kier alpha value is -1.90. The largest absolute Gasteiger partial charge is 0.425 e. The minimum atomic E-state index is -4.01. The fourth-order valence-corrected chi connectivity index (χ4v) is 4.24. The highest BCUT2D eigenvalue weighted by atomic mass is 79.9. The number of alkyl carbamates (subject to hydrolysis) is 1. The molecule has 0 radical (unpaired) electrons. The molecule has 0 fully saturated rings. The van der Waals surface area contributed by atoms with E-state index in [0.29, 0.717) is 0 Å². The summed E-state index contributed by atoms with van der Waals surface area (Å²) in [6, 6.07) is 7.14. The van der Waals surface area contributed by atoms with Gasteiger partial charge in [-0.05, 0) is 31.0 Å². The van der Waals surface area contributed by atoms with E-state index in [2.05, 4.69) is 21.2 Å². The minimum Gasteiger partial charge on any atom is -0.425 e. The molecule has 0 heterocycles. The summed E-state index contributed by atoms with van der Waals surface area (Å²) in [7, 11) is -4.01. The van der Waals surface area contributed by atoms with E-state index in [1.165, 1.54) is 13.8 Å². The molecule has 0 aliphatic heterocycles. The molecule has 30 heavy (non-hydrogen) atoms. The van der Waals surface area contributed by atoms with Gasteiger partial charge < -0.3 is 25.4 Å². The maximum Gasteiger partial charge on any atom is 0.410 e. The van der Waals surface area contributed by atoms with Gasteiger partial charge in [0.1, 0.15) is 5.78 Å². The Kier molecular flexibility index (Phi) is 10.0. The van der Waals surface area contributed by atoms with E-state index in [9.17, 15) is 23.8 Å². The molecule has 1 aromatic carbocycles. The molecular weight excluding hydrogens is 479 g/mol. The van der Waals surface area contributed by atoms with Gasteiger partial charge in [-0.3, -0.25) is 14.2 Å². The smallest absolute Gasteiger partial charge is 0.410 e. The average molecular weight is 507 g/mol. The maximum absolute atomic E-state index is 12.7. The summed E-state index contributed by atoms with van der Waals surface area (Å²) in [4.78, 5) is 45.7. The third-order valence-corrected chi connectivity index (χ3v) is 7.07. The Bertz CT molecular complexity index is 801. The van der Waals surface area contributed by atoms with Gasteiger partial charge in [-0.2, -0.15) is 0 Å². The second kappa shape index (κ2) is 11.5. The summed E-state index contributed by atoms with van der Waals surface area (Å²) in [5.74, 6) is -3.75. The number of esters is 1. The SMILES string of the molecule is CC(OC(=O)N[C@@H](C)P(=O)(O)C[C@@H](Cc1ccc(Br)cc1)C(N)=O)OC(=O)C(C)C. The highest BCUT2D eigenvalue weighted by Crippen LogP contribution is 2.47. The van der Waals surface area contributed by atoms with Crippen LogP contribution < -0.4 is 11.1 Å². The molecule has 0 aliphatic carbocycles. The van der Waals surface area contributed by atoms with Crippen LogP contribution in [-0.2, 0) is 30.0 Å². The van der Waals surface area contributed by atoms with E-state index in [-0.39, 0.29) is 6.42 Å². The van der Waals surface area contributed by atoms with Gasteiger partial charge in [-0.15, -0.1) is 0 Å². The molecule has 0 aliphatic rings. The van der Waals surface area contributed by atoms with E-state index in [0.717, 1.165) is 10.0 Å². The van der Waals surface area contributed by atoms with Gasteiger partial charge in [-0.1, -0.05) is 41.9 Å². The number of hydrogen-bond acceptors (Lipinski definition) is 6. The monoisotopic (exact) mass is 506 g/mol. The average Bonchev–Trinajstić information content (AvgIpc) is 2.62. The summed E-state index contributed by atoms with van der Waals surface area (Å²) in [5, 5.41) is 2.25. The van der Waals surface area contributed by atoms with Crippen molar-refractivity contribution in [1.29, 1.82) is 0 Å². The Balaban J connectivity index is 2.69. The van der Waals surface area contributed by atoms with Gasteiger partial charge in [0.05, 0.1) is 11.8 Å². The Morgan fingerprint density at radius 2 is 1.70 bits per heavy atom. The van der Waals surface area contributed by atoms with Crippen LogP contribution in [0.4, 0.5) is 4.79 Å². The zero-order valence-electron chi connectivity index (χ0n) is 17.3. The van der Waals surface area contributed by atoms with Crippen molar-refractivity contribution in [3.63, 3.8) is 0 Å². The first kappa shape index (κ1) is 26.1. The molecule has 11 heteroatoms. The fourth-order valence-electron chi connectivity index (χ4n) is 2.41. The molecule has 4 atom stereocenters. The number of hydrogen-bond donors (Lipinski definition) is 3. The van der Waals surface area contributed by atoms with Gasteiger partial charge in [0, 0.05) is 17.6 Å². The predicted octanol–water partition coefficient (Wildman–Crippen LogP) is 2.98. The lowest BCUT2D eigenvalue weighted by Crippen LogP contribution is -2.38. The number of ether oxygens (including phenoxy) is 2. The van der Waals surface area contributed by atoms with Crippen molar-refractivity contribution >= 4 is 41.3 Å². The Morgan fingerprint density at radius 1 is 1.13 bits per heavy atom. The van der Waals surface area contributed by atoms with Crippen LogP contribution in [0.25, 0.3) is 0 Å². The first-order chi connectivity index (χ1) is 13.8. The number of rotatable bonds is 10. The van der Waals surface area contributed by atoms with Crippen molar-refractivity contribution in [3.05, 3.63) is 34.3 Å². The van der Waals surface area contributed by atoms with E-state index in [1.807, 2.05) is 0 Å². The number of halogens is 1. The summed E-state index contributed by atoms with van der Waals surface area (Å²) in [6.07, 6.45) is -2.41. The molecule has 0 bridgehead atoms. The van der Waals surface area contributed by atoms with Gasteiger partial charge >= 0.3 is 12.1 Å². The lowest BCUT2D eigenvalue weighted by Gasteiger charge is -2.24. The van der Waals surface area contributed by atoms with Crippen LogP contribution in [0.2, 0.25) is 0 Å². The first-order valence-electron chi connectivity index (χ1n) is 9.34. The third kappa shape index (κ3) is 8.85. The second-order valence-electron chi connectivity index (χ2n) is 7.25. The number of amides is 2. The highest BCUT2D eigenvalue weighted by molar-refractivity contribution is 9.10. The fraction of sp³-hybridized carbons (Fsp3) is 0.526. The highest BCUT2D eigenvalue weighted by Gasteiger charge is 2.34. The van der Waals surface area contributed by atoms with Crippen LogP contribution in [0.1, 0.15) is 33.3 Å². The molecule has 1 rings (SSSR count). The molecule has 1 aromatic rings. The minimum absolute atomic E-state index is 0.187. The van der Waals surface area contributed by atoms with Gasteiger partial charge in [0.2, 0.25) is 19.6 Å². The van der Waals surface area contributed by atoms with E-state index < -0.39 is 55.4 Å². The predicted molar refractivity (Wildman–Crippen MR) is 115 cm³/mol. The molecular formula is C19H28BrN2O7P. The number of carbonyl (C=O) groups excluding carboxylic acids is 3. The van der Waals surface area contributed by atoms with Crippen LogP contribution in [0.3, 0.4) is 0 Å². The van der Waals surface area contributed by atoms with Crippen molar-refractivity contribution < 1.29 is 33.3 Å². The molecule has 0 saturated carbocycles. The second-order valence-corrected chi connectivity index (χ2v) is 10.8. The first-order valence-corrected chi connectivity index (χ1v) is 12.1. The molecule has 0 aromatic heterocycles. The molecule has 0 spiro atoms. The van der Waals surface area contributed by atoms with Gasteiger partial charge in [0.15, 0.2) is 0 Å². The zero-order valence-corrected chi connectivity index (χ0v) is 19.8. The van der Waals surface area contributed by atoms with Gasteiger partial charge in [0.25, 0.3) is 0 Å². The summed E-state index contributed by atoms with van der Waals surface area (Å²) in [6.45, 7) is 5.93. The Morgan fingerprint density at radius 3 is 2.20 bits per heavy atom. The van der Waals surface area contributed by atoms with Crippen LogP contribution in [0.5, 0.6) is 0 Å². The zero-order chi connectivity index (χ0) is 23.1. The molecule has 0 saturated heterocycles. The molecule has 2 unspecified atom stereocenters. The summed E-state index contributed by atoms with van der Waals surface area (Å²) >= 11 is 3.31. The quantitative estimate of drug-likeness (QED) is 0.251. The molecule has 168 valence electrons. The third-order valence-electron chi connectivity index (χ3n) is 4.24. The van der Waals surface area contributed by atoms with Gasteiger partial charge in [-0.25, -0.2) is 4.79 Å². The summed E-state index contributed by atoms with van der Waals surface area (Å²) in [5.41, 5.74) is 6.20. The number of nitrogens with two attached hydrogens (primary N) is 1. The maximum atomic E-state index is 12.7. The lowest BCUT2D eigenvalue weighted by atomic mass is 10.0. The van der Waals surface area contributed by atoms with E-state index >= 15 is 0 Å². The van der Waals surface area contributed by atoms with Crippen LogP contribution in [-0.4, -0.2) is 41.1 Å². The number of primary amides is 1. The molecule has 2 amide bonds. The lowest BCUT2D eigenvalue weighted by molar-refractivity contribution is -0.168. The van der Waals surface area contributed by atoms with Crippen molar-refractivity contribution in [3.8, 4) is 0 Å². The Labute approximate surface area is 184 Å². The van der Waals surface area contributed by atoms with Crippen molar-refractivity contribution in [1.82, 2.24) is 5.32 Å². The van der Waals surface area contributed by atoms with Crippen molar-refractivity contribution in [2.45, 2.75) is 46.2 Å². The molecule has 9 nitrogen and oxygen atoms in total. The van der Waals surface area contributed by atoms with Crippen LogP contribution >= 0.6 is 23.3 Å². The van der Waals surface area contributed by atoms with Crippen molar-refractivity contribution in [2.75, 3.05) is 6.16 Å². The van der Waals surface area contributed by atoms with E-state index in [4.69, 9.17) is 15.2 Å². The number of nitrogens with one attached hydrogen (secondary N) is 1. The van der Waals surface area contributed by atoms with E-state index in [1.54, 1.807) is 38.1 Å². The molecule has 4 N–H and O–H groups in total. The number of carbonyl (C=O) groups is 3. The topological polar surface area (TPSA) is 145 Å². The van der Waals surface area contributed by atoms with Crippen molar-refractivity contribution in [2.24, 2.45) is 17.6 Å².